The first-order valence-electron chi connectivity index (χ1n) is 11.6. The van der Waals surface area contributed by atoms with Crippen molar-refractivity contribution in [1.82, 2.24) is 0 Å². The van der Waals surface area contributed by atoms with Crippen molar-refractivity contribution < 1.29 is 24.9 Å². The average molecular weight is 431 g/mol. The summed E-state index contributed by atoms with van der Waals surface area (Å²) in [5, 5.41) is 34.0. The highest BCUT2D eigenvalue weighted by Gasteiger charge is 2.76. The van der Waals surface area contributed by atoms with Crippen LogP contribution in [-0.4, -0.2) is 51.6 Å². The van der Waals surface area contributed by atoms with Crippen LogP contribution in [0, 0.1) is 34.5 Å². The molecule has 9 atom stereocenters. The molecule has 4 aliphatic rings. The van der Waals surface area contributed by atoms with Gasteiger partial charge in [0.05, 0.1) is 18.1 Å². The molecule has 0 aromatic carbocycles. The van der Waals surface area contributed by atoms with E-state index in [9.17, 15) is 20.1 Å². The summed E-state index contributed by atoms with van der Waals surface area (Å²) in [7, 11) is 0. The van der Waals surface area contributed by atoms with Crippen LogP contribution in [0.1, 0.15) is 54.9 Å². The number of aliphatic hydroxyl groups excluding tert-OH is 2. The second-order valence-electron chi connectivity index (χ2n) is 11.1. The predicted octanol–water partition coefficient (Wildman–Crippen LogP) is 3.19. The summed E-state index contributed by atoms with van der Waals surface area (Å²) >= 11 is 0. The Balaban J connectivity index is 1.90. The van der Waals surface area contributed by atoms with E-state index in [0.717, 1.165) is 17.6 Å². The van der Waals surface area contributed by atoms with Gasteiger partial charge in [0.2, 0.25) is 0 Å². The minimum absolute atomic E-state index is 0.0332. The number of hydrogen-bond acceptors (Lipinski definition) is 5. The number of aliphatic hydroxyl groups is 3. The first kappa shape index (κ1) is 22.9. The molecule has 1 spiro atoms. The lowest BCUT2D eigenvalue weighted by atomic mass is 9.59. The summed E-state index contributed by atoms with van der Waals surface area (Å²) < 4.78 is 6.36. The summed E-state index contributed by atoms with van der Waals surface area (Å²) in [6.45, 7) is 13.7. The number of hydrogen-bond donors (Lipinski definition) is 3. The van der Waals surface area contributed by atoms with Crippen molar-refractivity contribution in [3.05, 3.63) is 34.9 Å². The first-order chi connectivity index (χ1) is 14.4. The zero-order valence-electron chi connectivity index (χ0n) is 19.8. The minimum Gasteiger partial charge on any atom is -0.392 e. The quantitative estimate of drug-likeness (QED) is 0.596. The molecule has 31 heavy (non-hydrogen) atoms. The van der Waals surface area contributed by atoms with Crippen LogP contribution in [0.4, 0.5) is 0 Å². The van der Waals surface area contributed by atoms with E-state index in [-0.39, 0.29) is 29.1 Å². The Morgan fingerprint density at radius 2 is 2.03 bits per heavy atom. The Morgan fingerprint density at radius 3 is 2.61 bits per heavy atom. The number of fused-ring (bicyclic) bond motifs is 3. The van der Waals surface area contributed by atoms with Gasteiger partial charge < -0.3 is 20.1 Å². The van der Waals surface area contributed by atoms with Gasteiger partial charge in [-0.2, -0.15) is 0 Å². The standard InChI is InChI=1S/C26H38O5/c1-8-13(2)16(5)31-23-14(3)11-25-15(4)9-19-20(24(19,6)7)18(22(25)29)10-17(12-27)21(28)26(23,25)30/h8,10-11,15-16,18-21,23,27-28,30H,9,12H2,1-7H3/b13-8+/t15-,16?,18?,19-,20+,21-,23+,25+,26+/m1/s1. The van der Waals surface area contributed by atoms with Gasteiger partial charge in [0.1, 0.15) is 17.8 Å². The molecule has 0 saturated heterocycles. The number of ketones is 1. The molecular weight excluding hydrogens is 392 g/mol. The smallest absolute Gasteiger partial charge is 0.153 e. The topological polar surface area (TPSA) is 87.0 Å². The number of Topliss-reactive ketones (excluding diaryl/α,β-unsaturated/α-hetero) is 1. The molecule has 0 aliphatic heterocycles. The van der Waals surface area contributed by atoms with E-state index in [2.05, 4.69) is 13.8 Å². The predicted molar refractivity (Wildman–Crippen MR) is 119 cm³/mol. The molecule has 5 heteroatoms. The van der Waals surface area contributed by atoms with Crippen molar-refractivity contribution in [2.75, 3.05) is 6.61 Å². The number of carbonyl (C=O) groups excluding carboxylic acids is 1. The number of ether oxygens (including phenoxy) is 1. The van der Waals surface area contributed by atoms with Crippen molar-refractivity contribution in [2.45, 2.75) is 78.8 Å². The fourth-order valence-electron chi connectivity index (χ4n) is 7.17. The molecule has 4 rings (SSSR count). The molecule has 0 aromatic heterocycles. The van der Waals surface area contributed by atoms with E-state index in [4.69, 9.17) is 4.74 Å². The van der Waals surface area contributed by atoms with Crippen molar-refractivity contribution in [3.63, 3.8) is 0 Å². The molecule has 0 amide bonds. The molecule has 172 valence electrons. The maximum atomic E-state index is 14.3. The normalized spacial score (nSPS) is 46.9. The van der Waals surface area contributed by atoms with Crippen molar-refractivity contribution in [3.8, 4) is 0 Å². The van der Waals surface area contributed by atoms with Crippen molar-refractivity contribution in [1.29, 1.82) is 0 Å². The SMILES string of the molecule is C/C=C(\C)C(C)O[C@H]1C(C)=C[C@]23C(=O)C(C=C(CO)[C@@H](O)[C@]12O)[C@H]1[C@@H](C[C@H]3C)C1(C)C. The van der Waals surface area contributed by atoms with Gasteiger partial charge in [0.25, 0.3) is 0 Å². The molecule has 4 aliphatic carbocycles. The molecule has 3 N–H and O–H groups in total. The highest BCUT2D eigenvalue weighted by Crippen LogP contribution is 2.71. The highest BCUT2D eigenvalue weighted by atomic mass is 16.5. The third kappa shape index (κ3) is 2.73. The summed E-state index contributed by atoms with van der Waals surface area (Å²) in [5.74, 6) is -0.0792. The van der Waals surface area contributed by atoms with Crippen LogP contribution in [0.2, 0.25) is 0 Å². The van der Waals surface area contributed by atoms with E-state index in [0.29, 0.717) is 11.5 Å². The van der Waals surface area contributed by atoms with E-state index in [1.54, 1.807) is 6.08 Å². The van der Waals surface area contributed by atoms with Crippen LogP contribution in [0.25, 0.3) is 0 Å². The first-order valence-corrected chi connectivity index (χ1v) is 11.6. The molecule has 2 unspecified atom stereocenters. The highest BCUT2D eigenvalue weighted by molar-refractivity contribution is 5.95. The third-order valence-electron chi connectivity index (χ3n) is 9.33. The summed E-state index contributed by atoms with van der Waals surface area (Å²) in [4.78, 5) is 14.3. The average Bonchev–Trinajstić information content (AvgIpc) is 3.21. The van der Waals surface area contributed by atoms with Crippen LogP contribution in [0.3, 0.4) is 0 Å². The minimum atomic E-state index is -1.86. The van der Waals surface area contributed by atoms with Gasteiger partial charge in [0.15, 0.2) is 5.78 Å². The maximum Gasteiger partial charge on any atom is 0.153 e. The summed E-state index contributed by atoms with van der Waals surface area (Å²) in [6.07, 6.45) is 3.93. The lowest BCUT2D eigenvalue weighted by molar-refractivity contribution is -0.204. The fourth-order valence-corrected chi connectivity index (χ4v) is 7.17. The van der Waals surface area contributed by atoms with Crippen LogP contribution in [-0.2, 0) is 9.53 Å². The molecule has 5 nitrogen and oxygen atoms in total. The second-order valence-corrected chi connectivity index (χ2v) is 11.1. The molecule has 2 fully saturated rings. The van der Waals surface area contributed by atoms with Gasteiger partial charge in [-0.25, -0.2) is 0 Å². The van der Waals surface area contributed by atoms with E-state index in [1.807, 2.05) is 46.8 Å². The lowest BCUT2D eigenvalue weighted by Crippen LogP contribution is -2.66. The van der Waals surface area contributed by atoms with Gasteiger partial charge in [-0.15, -0.1) is 0 Å². The fraction of sp³-hybridized carbons (Fsp3) is 0.731. The number of carbonyl (C=O) groups is 1. The van der Waals surface area contributed by atoms with Crippen molar-refractivity contribution >= 4 is 5.78 Å². The van der Waals surface area contributed by atoms with Gasteiger partial charge in [0, 0.05) is 5.92 Å². The van der Waals surface area contributed by atoms with Gasteiger partial charge in [-0.05, 0) is 74.0 Å². The Labute approximate surface area is 185 Å². The lowest BCUT2D eigenvalue weighted by Gasteiger charge is -2.49. The Hall–Kier alpha value is -1.27. The van der Waals surface area contributed by atoms with Crippen LogP contribution < -0.4 is 0 Å². The zero-order valence-corrected chi connectivity index (χ0v) is 19.8. The van der Waals surface area contributed by atoms with Crippen LogP contribution >= 0.6 is 0 Å². The monoisotopic (exact) mass is 430 g/mol. The summed E-state index contributed by atoms with van der Waals surface area (Å²) in [6, 6.07) is 0. The van der Waals surface area contributed by atoms with E-state index in [1.165, 1.54) is 0 Å². The maximum absolute atomic E-state index is 14.3. The Bertz CT molecular complexity index is 882. The zero-order chi connectivity index (χ0) is 23.1. The largest absolute Gasteiger partial charge is 0.392 e. The molecular formula is C26H38O5. The number of rotatable bonds is 4. The van der Waals surface area contributed by atoms with Crippen LogP contribution in [0.15, 0.2) is 34.9 Å². The van der Waals surface area contributed by atoms with E-state index >= 15 is 0 Å². The molecule has 2 saturated carbocycles. The molecule has 0 heterocycles. The number of allylic oxidation sites excluding steroid dienone is 2. The molecule has 2 bridgehead atoms. The summed E-state index contributed by atoms with van der Waals surface area (Å²) in [5.41, 5.74) is -0.965. The Morgan fingerprint density at radius 1 is 1.39 bits per heavy atom. The van der Waals surface area contributed by atoms with Crippen LogP contribution in [0.5, 0.6) is 0 Å². The van der Waals surface area contributed by atoms with Gasteiger partial charge >= 0.3 is 0 Å². The van der Waals surface area contributed by atoms with Gasteiger partial charge in [-0.3, -0.25) is 4.79 Å². The third-order valence-corrected chi connectivity index (χ3v) is 9.33. The molecule has 0 radical (unpaired) electrons. The van der Waals surface area contributed by atoms with E-state index < -0.39 is 35.7 Å². The Kier molecular flexibility index (Phi) is 5.26. The van der Waals surface area contributed by atoms with Crippen molar-refractivity contribution in [2.24, 2.45) is 34.5 Å². The molecule has 0 aromatic rings. The van der Waals surface area contributed by atoms with Gasteiger partial charge in [-0.1, -0.05) is 39.0 Å². The second kappa shape index (κ2) is 7.11.